The highest BCUT2D eigenvalue weighted by Gasteiger charge is 2.38. The van der Waals surface area contributed by atoms with Crippen LogP contribution in [-0.2, 0) is 27.4 Å². The average molecular weight is 537 g/mol. The summed E-state index contributed by atoms with van der Waals surface area (Å²) in [5, 5.41) is 24.9. The van der Waals surface area contributed by atoms with Gasteiger partial charge in [-0.2, -0.15) is 4.73 Å². The molecule has 0 bridgehead atoms. The Bertz CT molecular complexity index is 1200. The second-order valence-electron chi connectivity index (χ2n) is 8.98. The molecule has 38 heavy (non-hydrogen) atoms. The van der Waals surface area contributed by atoms with Gasteiger partial charge in [0, 0.05) is 35.9 Å². The zero-order chi connectivity index (χ0) is 26.9. The molecule has 200 valence electrons. The molecular formula is C29H32N2O6S. The molecule has 0 unspecified atom stereocenters. The standard InChI is InChI=1S/C29H32N2O6S/c1-3-16-35-29(33)30-17-21-7-13-24(14-8-21)28-36-25(19-38-26-6-4-5-15-31(26)34)20(2)27(37-28)23-11-9-22(18-32)10-12-23/h3-15,20,25,27-28,32H,1,16-19H2,2H3,(H,30,33)/t20-,25+,27+,28+/m0/s1. The van der Waals surface area contributed by atoms with Crippen molar-refractivity contribution >= 4 is 17.9 Å². The zero-order valence-corrected chi connectivity index (χ0v) is 22.0. The molecule has 1 aliphatic heterocycles. The third-order valence-corrected chi connectivity index (χ3v) is 7.44. The number of alkyl carbamates (subject to hydrolysis) is 1. The molecule has 1 aromatic heterocycles. The van der Waals surface area contributed by atoms with E-state index in [1.165, 1.54) is 24.0 Å². The van der Waals surface area contributed by atoms with Crippen LogP contribution in [0, 0.1) is 11.1 Å². The first-order chi connectivity index (χ1) is 18.5. The number of carbonyl (C=O) groups is 1. The number of hydrogen-bond acceptors (Lipinski definition) is 7. The summed E-state index contributed by atoms with van der Waals surface area (Å²) in [6.07, 6.45) is 1.44. The SMILES string of the molecule is C=CCOC(=O)NCc1ccc([C@@H]2O[C@H](CSc3cccc[n+]3[O-])[C@H](C)[C@H](c3ccc(CO)cc3)O2)cc1. The molecule has 2 N–H and O–H groups in total. The lowest BCUT2D eigenvalue weighted by Crippen LogP contribution is -2.39. The van der Waals surface area contributed by atoms with E-state index in [1.54, 1.807) is 12.1 Å². The number of aliphatic hydroxyl groups excluding tert-OH is 1. The van der Waals surface area contributed by atoms with Crippen LogP contribution in [0.15, 0.2) is 90.6 Å². The van der Waals surface area contributed by atoms with E-state index in [0.29, 0.717) is 17.3 Å². The third kappa shape index (κ3) is 7.14. The van der Waals surface area contributed by atoms with E-state index in [2.05, 4.69) is 18.8 Å². The highest BCUT2D eigenvalue weighted by molar-refractivity contribution is 7.99. The fourth-order valence-electron chi connectivity index (χ4n) is 4.15. The van der Waals surface area contributed by atoms with Crippen LogP contribution in [0.5, 0.6) is 0 Å². The monoisotopic (exact) mass is 536 g/mol. The number of rotatable bonds is 10. The van der Waals surface area contributed by atoms with Crippen LogP contribution in [0.25, 0.3) is 0 Å². The van der Waals surface area contributed by atoms with E-state index in [-0.39, 0.29) is 31.3 Å². The lowest BCUT2D eigenvalue weighted by molar-refractivity contribution is -0.645. The van der Waals surface area contributed by atoms with Crippen LogP contribution < -0.4 is 10.0 Å². The number of aliphatic hydroxyl groups is 1. The Morgan fingerprint density at radius 3 is 2.50 bits per heavy atom. The normalized spacial score (nSPS) is 21.0. The quantitative estimate of drug-likeness (QED) is 0.166. The topological polar surface area (TPSA) is 104 Å². The molecule has 4 rings (SSSR count). The molecule has 2 aromatic carbocycles. The number of aromatic nitrogens is 1. The second-order valence-corrected chi connectivity index (χ2v) is 10.0. The van der Waals surface area contributed by atoms with Gasteiger partial charge in [-0.25, -0.2) is 4.79 Å². The Labute approximate surface area is 226 Å². The summed E-state index contributed by atoms with van der Waals surface area (Å²) < 4.78 is 18.7. The summed E-state index contributed by atoms with van der Waals surface area (Å²) in [7, 11) is 0. The van der Waals surface area contributed by atoms with Gasteiger partial charge in [0.15, 0.2) is 12.5 Å². The van der Waals surface area contributed by atoms with Gasteiger partial charge >= 0.3 is 6.09 Å². The molecule has 9 heteroatoms. The van der Waals surface area contributed by atoms with Gasteiger partial charge in [-0.1, -0.05) is 79.9 Å². The van der Waals surface area contributed by atoms with Crippen molar-refractivity contribution in [3.8, 4) is 0 Å². The van der Waals surface area contributed by atoms with Gasteiger partial charge in [0.2, 0.25) is 0 Å². The minimum Gasteiger partial charge on any atom is -0.618 e. The average Bonchev–Trinajstić information content (AvgIpc) is 2.95. The molecule has 3 aromatic rings. The summed E-state index contributed by atoms with van der Waals surface area (Å²) in [4.78, 5) is 11.7. The van der Waals surface area contributed by atoms with Crippen LogP contribution in [0.3, 0.4) is 0 Å². The van der Waals surface area contributed by atoms with Crippen molar-refractivity contribution in [1.82, 2.24) is 5.32 Å². The van der Waals surface area contributed by atoms with Crippen LogP contribution in [-0.4, -0.2) is 29.7 Å². The van der Waals surface area contributed by atoms with E-state index >= 15 is 0 Å². The van der Waals surface area contributed by atoms with E-state index in [0.717, 1.165) is 27.0 Å². The van der Waals surface area contributed by atoms with Crippen molar-refractivity contribution in [1.29, 1.82) is 0 Å². The maximum atomic E-state index is 12.2. The van der Waals surface area contributed by atoms with Gasteiger partial charge in [-0.3, -0.25) is 0 Å². The Hall–Kier alpha value is -3.37. The van der Waals surface area contributed by atoms with E-state index in [9.17, 15) is 15.1 Å². The fourth-order valence-corrected chi connectivity index (χ4v) is 5.23. The summed E-state index contributed by atoms with van der Waals surface area (Å²) in [5.74, 6) is 0.584. The van der Waals surface area contributed by atoms with Gasteiger partial charge in [0.1, 0.15) is 6.61 Å². The number of thioether (sulfide) groups is 1. The van der Waals surface area contributed by atoms with Crippen molar-refractivity contribution in [2.45, 2.75) is 43.6 Å². The minimum absolute atomic E-state index is 0.00703. The minimum atomic E-state index is -0.617. The van der Waals surface area contributed by atoms with Crippen LogP contribution in [0.1, 0.15) is 41.6 Å². The molecule has 0 aliphatic carbocycles. The fraction of sp³-hybridized carbons (Fsp3) is 0.310. The predicted octanol–water partition coefficient (Wildman–Crippen LogP) is 4.81. The summed E-state index contributed by atoms with van der Waals surface area (Å²) in [6.45, 7) is 6.07. The zero-order valence-electron chi connectivity index (χ0n) is 21.2. The van der Waals surface area contributed by atoms with Crippen molar-refractivity contribution < 1.29 is 28.8 Å². The first kappa shape index (κ1) is 27.7. The highest BCUT2D eigenvalue weighted by Crippen LogP contribution is 2.42. The van der Waals surface area contributed by atoms with Gasteiger partial charge in [-0.05, 0) is 22.8 Å². The lowest BCUT2D eigenvalue weighted by atomic mass is 9.91. The molecule has 0 radical (unpaired) electrons. The van der Waals surface area contributed by atoms with Crippen molar-refractivity contribution in [3.63, 3.8) is 0 Å². The summed E-state index contributed by atoms with van der Waals surface area (Å²) in [6, 6.07) is 20.7. The van der Waals surface area contributed by atoms with E-state index in [4.69, 9.17) is 14.2 Å². The number of ether oxygens (including phenoxy) is 3. The maximum absolute atomic E-state index is 12.2. The molecule has 1 amide bonds. The second kappa shape index (κ2) is 13.4. The number of nitrogens with one attached hydrogen (secondary N) is 1. The molecule has 4 atom stereocenters. The third-order valence-electron chi connectivity index (χ3n) is 6.33. The van der Waals surface area contributed by atoms with Gasteiger partial charge < -0.3 is 29.8 Å². The Kier molecular flexibility index (Phi) is 9.78. The maximum Gasteiger partial charge on any atom is 0.407 e. The van der Waals surface area contributed by atoms with Gasteiger partial charge in [0.25, 0.3) is 5.03 Å². The number of hydrogen-bond donors (Lipinski definition) is 2. The van der Waals surface area contributed by atoms with Gasteiger partial charge in [0.05, 0.1) is 18.8 Å². The number of benzene rings is 2. The van der Waals surface area contributed by atoms with Crippen molar-refractivity contribution in [3.05, 3.63) is 113 Å². The first-order valence-electron chi connectivity index (χ1n) is 12.4. The van der Waals surface area contributed by atoms with Crippen LogP contribution in [0.2, 0.25) is 0 Å². The predicted molar refractivity (Wildman–Crippen MR) is 144 cm³/mol. The molecule has 0 spiro atoms. The number of nitrogens with zero attached hydrogens (tertiary/aromatic N) is 1. The van der Waals surface area contributed by atoms with Gasteiger partial charge in [-0.15, -0.1) is 0 Å². The first-order valence-corrected chi connectivity index (χ1v) is 13.4. The number of pyridine rings is 1. The molecule has 1 aliphatic rings. The van der Waals surface area contributed by atoms with Crippen LogP contribution in [0.4, 0.5) is 4.79 Å². The van der Waals surface area contributed by atoms with Crippen molar-refractivity contribution in [2.75, 3.05) is 12.4 Å². The Balaban J connectivity index is 1.50. The molecule has 1 fully saturated rings. The Morgan fingerprint density at radius 2 is 1.82 bits per heavy atom. The highest BCUT2D eigenvalue weighted by atomic mass is 32.2. The number of carbonyl (C=O) groups excluding carboxylic acids is 1. The summed E-state index contributed by atoms with van der Waals surface area (Å²) >= 11 is 1.45. The molecular weight excluding hydrogens is 504 g/mol. The number of amides is 1. The van der Waals surface area contributed by atoms with E-state index < -0.39 is 12.4 Å². The Morgan fingerprint density at radius 1 is 1.11 bits per heavy atom. The smallest absolute Gasteiger partial charge is 0.407 e. The molecule has 1 saturated heterocycles. The van der Waals surface area contributed by atoms with Crippen molar-refractivity contribution in [2.24, 2.45) is 5.92 Å². The molecule has 2 heterocycles. The largest absolute Gasteiger partial charge is 0.618 e. The molecule has 0 saturated carbocycles. The molecule has 8 nitrogen and oxygen atoms in total. The summed E-state index contributed by atoms with van der Waals surface area (Å²) in [5.41, 5.74) is 3.58. The van der Waals surface area contributed by atoms with Crippen LogP contribution >= 0.6 is 11.8 Å². The van der Waals surface area contributed by atoms with E-state index in [1.807, 2.05) is 54.6 Å². The lowest BCUT2D eigenvalue weighted by Gasteiger charge is -2.41.